The van der Waals surface area contributed by atoms with Gasteiger partial charge >= 0.3 is 0 Å². The fourth-order valence-electron chi connectivity index (χ4n) is 2.24. The van der Waals surface area contributed by atoms with Crippen molar-refractivity contribution in [1.82, 2.24) is 5.32 Å². The van der Waals surface area contributed by atoms with Crippen molar-refractivity contribution in [3.8, 4) is 0 Å². The summed E-state index contributed by atoms with van der Waals surface area (Å²) >= 11 is 0. The Hall–Kier alpha value is -0.300. The summed E-state index contributed by atoms with van der Waals surface area (Å²) in [6, 6.07) is 0.643. The van der Waals surface area contributed by atoms with Crippen LogP contribution in [0.1, 0.15) is 60.3 Å². The molecule has 2 atom stereocenters. The molecule has 1 nitrogen and oxygen atoms in total. The highest BCUT2D eigenvalue weighted by atomic mass is 14.9. The van der Waals surface area contributed by atoms with E-state index in [0.717, 1.165) is 12.5 Å². The molecule has 0 bridgehead atoms. The maximum absolute atomic E-state index is 4.28. The van der Waals surface area contributed by atoms with Crippen molar-refractivity contribution in [2.24, 2.45) is 11.8 Å². The first-order valence-electron chi connectivity index (χ1n) is 6.94. The van der Waals surface area contributed by atoms with E-state index < -0.39 is 0 Å². The smallest absolute Gasteiger partial charge is 0.00388 e. The van der Waals surface area contributed by atoms with Gasteiger partial charge in [0.05, 0.1) is 0 Å². The van der Waals surface area contributed by atoms with Crippen LogP contribution in [0.15, 0.2) is 12.2 Å². The van der Waals surface area contributed by atoms with Crippen LogP contribution in [0.4, 0.5) is 0 Å². The van der Waals surface area contributed by atoms with Gasteiger partial charge in [-0.1, -0.05) is 46.3 Å². The molecule has 0 saturated heterocycles. The van der Waals surface area contributed by atoms with Gasteiger partial charge in [0.15, 0.2) is 0 Å². The van der Waals surface area contributed by atoms with Crippen molar-refractivity contribution in [1.29, 1.82) is 0 Å². The molecule has 0 saturated carbocycles. The molecular formula is C15H31N. The van der Waals surface area contributed by atoms with E-state index in [1.165, 1.54) is 31.3 Å². The standard InChI is InChI=1S/C15H31N/c1-7-9-15(14(6)12(3)4)11-10-13(5)16-8-2/h12-13,15-16H,6-11H2,1-5H3. The summed E-state index contributed by atoms with van der Waals surface area (Å²) in [4.78, 5) is 0. The summed E-state index contributed by atoms with van der Waals surface area (Å²) in [7, 11) is 0. The molecule has 0 rings (SSSR count). The maximum Gasteiger partial charge on any atom is 0.00388 e. The minimum Gasteiger partial charge on any atom is -0.315 e. The molecule has 0 aliphatic rings. The summed E-state index contributed by atoms with van der Waals surface area (Å²) in [6.07, 6.45) is 5.13. The molecule has 0 aromatic carbocycles. The lowest BCUT2D eigenvalue weighted by molar-refractivity contribution is 0.414. The minimum atomic E-state index is 0.631. The van der Waals surface area contributed by atoms with Crippen LogP contribution < -0.4 is 5.32 Å². The van der Waals surface area contributed by atoms with Crippen molar-refractivity contribution in [2.45, 2.75) is 66.3 Å². The molecule has 0 heterocycles. The third-order valence-electron chi connectivity index (χ3n) is 3.40. The summed E-state index contributed by atoms with van der Waals surface area (Å²) in [6.45, 7) is 16.6. The lowest BCUT2D eigenvalue weighted by Crippen LogP contribution is -2.26. The largest absolute Gasteiger partial charge is 0.315 e. The third-order valence-corrected chi connectivity index (χ3v) is 3.40. The summed E-state index contributed by atoms with van der Waals surface area (Å²) in [5, 5.41) is 3.48. The molecule has 0 aliphatic carbocycles. The van der Waals surface area contributed by atoms with Gasteiger partial charge in [0.1, 0.15) is 0 Å². The van der Waals surface area contributed by atoms with E-state index in [2.05, 4.69) is 46.5 Å². The fourth-order valence-corrected chi connectivity index (χ4v) is 2.24. The Morgan fingerprint density at radius 1 is 1.06 bits per heavy atom. The average molecular weight is 225 g/mol. The number of nitrogens with one attached hydrogen (secondary N) is 1. The van der Waals surface area contributed by atoms with Crippen molar-refractivity contribution in [3.63, 3.8) is 0 Å². The Morgan fingerprint density at radius 3 is 2.12 bits per heavy atom. The zero-order chi connectivity index (χ0) is 12.6. The van der Waals surface area contributed by atoms with Crippen molar-refractivity contribution in [2.75, 3.05) is 6.54 Å². The predicted octanol–water partition coefficient (Wildman–Crippen LogP) is 4.39. The second-order valence-electron chi connectivity index (χ2n) is 5.25. The molecule has 0 aromatic rings. The lowest BCUT2D eigenvalue weighted by atomic mass is 9.84. The SMILES string of the molecule is C=C(C(C)C)C(CCC)CCC(C)NCC. The third kappa shape index (κ3) is 6.32. The van der Waals surface area contributed by atoms with Gasteiger partial charge in [-0.3, -0.25) is 0 Å². The molecule has 1 N–H and O–H groups in total. The van der Waals surface area contributed by atoms with Crippen molar-refractivity contribution >= 4 is 0 Å². The predicted molar refractivity (Wildman–Crippen MR) is 74.7 cm³/mol. The van der Waals surface area contributed by atoms with E-state index >= 15 is 0 Å². The van der Waals surface area contributed by atoms with E-state index in [1.54, 1.807) is 0 Å². The molecule has 0 spiro atoms. The molecule has 0 aromatic heterocycles. The van der Waals surface area contributed by atoms with Crippen LogP contribution in [-0.2, 0) is 0 Å². The molecule has 96 valence electrons. The minimum absolute atomic E-state index is 0.631. The van der Waals surface area contributed by atoms with E-state index in [0.29, 0.717) is 12.0 Å². The zero-order valence-corrected chi connectivity index (χ0v) is 12.0. The van der Waals surface area contributed by atoms with Gasteiger partial charge in [-0.2, -0.15) is 0 Å². The van der Waals surface area contributed by atoms with Gasteiger partial charge in [0.25, 0.3) is 0 Å². The van der Waals surface area contributed by atoms with E-state index in [1.807, 2.05) is 0 Å². The van der Waals surface area contributed by atoms with Crippen LogP contribution in [0.5, 0.6) is 0 Å². The molecular weight excluding hydrogens is 194 g/mol. The van der Waals surface area contributed by atoms with Crippen LogP contribution in [0.3, 0.4) is 0 Å². The fraction of sp³-hybridized carbons (Fsp3) is 0.867. The van der Waals surface area contributed by atoms with Crippen LogP contribution in [-0.4, -0.2) is 12.6 Å². The molecule has 16 heavy (non-hydrogen) atoms. The maximum atomic E-state index is 4.28. The molecule has 0 aliphatic heterocycles. The molecule has 0 amide bonds. The van der Waals surface area contributed by atoms with Gasteiger partial charge in [0.2, 0.25) is 0 Å². The molecule has 0 fully saturated rings. The second-order valence-corrected chi connectivity index (χ2v) is 5.25. The van der Waals surface area contributed by atoms with Crippen LogP contribution in [0.25, 0.3) is 0 Å². The molecule has 0 radical (unpaired) electrons. The van der Waals surface area contributed by atoms with Crippen LogP contribution in [0.2, 0.25) is 0 Å². The Bertz CT molecular complexity index is 184. The van der Waals surface area contributed by atoms with Gasteiger partial charge in [-0.15, -0.1) is 0 Å². The quantitative estimate of drug-likeness (QED) is 0.574. The van der Waals surface area contributed by atoms with Crippen LogP contribution in [0, 0.1) is 11.8 Å². The number of allylic oxidation sites excluding steroid dienone is 1. The van der Waals surface area contributed by atoms with E-state index in [-0.39, 0.29) is 0 Å². The van der Waals surface area contributed by atoms with Crippen molar-refractivity contribution < 1.29 is 0 Å². The first-order chi connectivity index (χ1) is 7.52. The number of rotatable bonds is 9. The van der Waals surface area contributed by atoms with Gasteiger partial charge < -0.3 is 5.32 Å². The summed E-state index contributed by atoms with van der Waals surface area (Å²) < 4.78 is 0. The Labute approximate surface area is 103 Å². The average Bonchev–Trinajstić information content (AvgIpc) is 2.23. The Morgan fingerprint density at radius 2 is 1.69 bits per heavy atom. The first kappa shape index (κ1) is 15.7. The van der Waals surface area contributed by atoms with E-state index in [9.17, 15) is 0 Å². The molecule has 2 unspecified atom stereocenters. The van der Waals surface area contributed by atoms with E-state index in [4.69, 9.17) is 0 Å². The lowest BCUT2D eigenvalue weighted by Gasteiger charge is -2.23. The van der Waals surface area contributed by atoms with Gasteiger partial charge in [-0.25, -0.2) is 0 Å². The monoisotopic (exact) mass is 225 g/mol. The highest BCUT2D eigenvalue weighted by Crippen LogP contribution is 2.27. The Balaban J connectivity index is 4.07. The topological polar surface area (TPSA) is 12.0 Å². The zero-order valence-electron chi connectivity index (χ0n) is 12.0. The Kier molecular flexibility index (Phi) is 8.64. The van der Waals surface area contributed by atoms with Crippen LogP contribution >= 0.6 is 0 Å². The molecule has 1 heteroatoms. The highest BCUT2D eigenvalue weighted by Gasteiger charge is 2.15. The number of hydrogen-bond acceptors (Lipinski definition) is 1. The normalized spacial score (nSPS) is 15.1. The summed E-state index contributed by atoms with van der Waals surface area (Å²) in [5.74, 6) is 1.36. The number of hydrogen-bond donors (Lipinski definition) is 1. The highest BCUT2D eigenvalue weighted by molar-refractivity contribution is 5.03. The first-order valence-corrected chi connectivity index (χ1v) is 6.94. The second kappa shape index (κ2) is 8.81. The van der Waals surface area contributed by atoms with Gasteiger partial charge in [0, 0.05) is 6.04 Å². The van der Waals surface area contributed by atoms with Gasteiger partial charge in [-0.05, 0) is 44.6 Å². The van der Waals surface area contributed by atoms with Crippen molar-refractivity contribution in [3.05, 3.63) is 12.2 Å². The summed E-state index contributed by atoms with van der Waals surface area (Å²) in [5.41, 5.74) is 1.45.